The highest BCUT2D eigenvalue weighted by atomic mass is 16.4. The van der Waals surface area contributed by atoms with Gasteiger partial charge in [-0.3, -0.25) is 14.3 Å². The van der Waals surface area contributed by atoms with E-state index in [1.165, 1.54) is 6.20 Å². The van der Waals surface area contributed by atoms with Gasteiger partial charge in [-0.2, -0.15) is 5.10 Å². The highest BCUT2D eigenvalue weighted by Crippen LogP contribution is 2.38. The van der Waals surface area contributed by atoms with Gasteiger partial charge in [-0.05, 0) is 18.3 Å². The van der Waals surface area contributed by atoms with Gasteiger partial charge >= 0.3 is 5.97 Å². The molecule has 0 saturated heterocycles. The highest BCUT2D eigenvalue weighted by molar-refractivity contribution is 5.93. The Labute approximate surface area is 118 Å². The van der Waals surface area contributed by atoms with Crippen LogP contribution >= 0.6 is 0 Å². The standard InChI is InChI=1S/C14H21N3O3/c1-17-9-11(8-16-17)13(20)15-10-14(7-12(18)19)5-3-2-4-6-14/h8-9H,2-7,10H2,1H3,(H,15,20)(H,18,19). The maximum Gasteiger partial charge on any atom is 0.303 e. The molecule has 1 saturated carbocycles. The molecule has 1 amide bonds. The molecule has 1 fully saturated rings. The lowest BCUT2D eigenvalue weighted by Gasteiger charge is -2.36. The number of carboxylic acid groups (broad SMARTS) is 1. The average molecular weight is 279 g/mol. The van der Waals surface area contributed by atoms with Gasteiger partial charge in [0.05, 0.1) is 18.2 Å². The Hall–Kier alpha value is -1.85. The lowest BCUT2D eigenvalue weighted by Crippen LogP contribution is -2.40. The number of amides is 1. The maximum absolute atomic E-state index is 12.0. The van der Waals surface area contributed by atoms with Gasteiger partial charge in [-0.15, -0.1) is 0 Å². The smallest absolute Gasteiger partial charge is 0.303 e. The lowest BCUT2D eigenvalue weighted by molar-refractivity contribution is -0.140. The Morgan fingerprint density at radius 1 is 1.40 bits per heavy atom. The van der Waals surface area contributed by atoms with Crippen molar-refractivity contribution < 1.29 is 14.7 Å². The van der Waals surface area contributed by atoms with E-state index >= 15 is 0 Å². The fraction of sp³-hybridized carbons (Fsp3) is 0.643. The van der Waals surface area contributed by atoms with E-state index in [0.29, 0.717) is 12.1 Å². The van der Waals surface area contributed by atoms with Crippen LogP contribution in [-0.4, -0.2) is 33.3 Å². The van der Waals surface area contributed by atoms with Crippen molar-refractivity contribution in [1.82, 2.24) is 15.1 Å². The Morgan fingerprint density at radius 3 is 2.65 bits per heavy atom. The van der Waals surface area contributed by atoms with E-state index in [1.807, 2.05) is 0 Å². The SMILES string of the molecule is Cn1cc(C(=O)NCC2(CC(=O)O)CCCCC2)cn1. The first kappa shape index (κ1) is 14.6. The van der Waals surface area contributed by atoms with Gasteiger partial charge in [0.1, 0.15) is 0 Å². The van der Waals surface area contributed by atoms with Crippen molar-refractivity contribution in [3.63, 3.8) is 0 Å². The molecule has 1 aromatic rings. The summed E-state index contributed by atoms with van der Waals surface area (Å²) in [6.45, 7) is 0.424. The number of hydrogen-bond donors (Lipinski definition) is 2. The van der Waals surface area contributed by atoms with Crippen LogP contribution in [0.5, 0.6) is 0 Å². The minimum atomic E-state index is -0.789. The molecule has 1 aliphatic rings. The van der Waals surface area contributed by atoms with Crippen molar-refractivity contribution in [2.45, 2.75) is 38.5 Å². The van der Waals surface area contributed by atoms with E-state index in [2.05, 4.69) is 10.4 Å². The van der Waals surface area contributed by atoms with Crippen molar-refractivity contribution in [2.24, 2.45) is 12.5 Å². The third kappa shape index (κ3) is 3.59. The van der Waals surface area contributed by atoms with Gasteiger partial charge in [0, 0.05) is 19.8 Å². The second-order valence-electron chi connectivity index (χ2n) is 5.72. The Morgan fingerprint density at radius 2 is 2.10 bits per heavy atom. The summed E-state index contributed by atoms with van der Waals surface area (Å²) in [5.41, 5.74) is 0.218. The number of carboxylic acids is 1. The van der Waals surface area contributed by atoms with Crippen LogP contribution in [0.4, 0.5) is 0 Å². The van der Waals surface area contributed by atoms with E-state index in [9.17, 15) is 9.59 Å². The minimum absolute atomic E-state index is 0.125. The molecule has 110 valence electrons. The summed E-state index contributed by atoms with van der Waals surface area (Å²) in [5.74, 6) is -0.976. The number of nitrogens with zero attached hydrogens (tertiary/aromatic N) is 2. The van der Waals surface area contributed by atoms with Crippen LogP contribution in [0.2, 0.25) is 0 Å². The largest absolute Gasteiger partial charge is 0.481 e. The van der Waals surface area contributed by atoms with Crippen molar-refractivity contribution in [2.75, 3.05) is 6.54 Å². The average Bonchev–Trinajstić information content (AvgIpc) is 2.83. The first-order valence-electron chi connectivity index (χ1n) is 6.99. The van der Waals surface area contributed by atoms with Crippen LogP contribution in [0.25, 0.3) is 0 Å². The number of aliphatic carboxylic acids is 1. The fourth-order valence-electron chi connectivity index (χ4n) is 2.95. The molecular formula is C14H21N3O3. The van der Waals surface area contributed by atoms with Gasteiger partial charge in [0.15, 0.2) is 0 Å². The van der Waals surface area contributed by atoms with Crippen molar-refractivity contribution in [1.29, 1.82) is 0 Å². The summed E-state index contributed by atoms with van der Waals surface area (Å²) < 4.78 is 1.57. The monoisotopic (exact) mass is 279 g/mol. The fourth-order valence-corrected chi connectivity index (χ4v) is 2.95. The number of hydrogen-bond acceptors (Lipinski definition) is 3. The quantitative estimate of drug-likeness (QED) is 0.857. The van der Waals surface area contributed by atoms with Crippen LogP contribution in [0.15, 0.2) is 12.4 Å². The van der Waals surface area contributed by atoms with E-state index in [0.717, 1.165) is 32.1 Å². The maximum atomic E-state index is 12.0. The molecule has 0 radical (unpaired) electrons. The van der Waals surface area contributed by atoms with Gasteiger partial charge < -0.3 is 10.4 Å². The van der Waals surface area contributed by atoms with Crippen molar-refractivity contribution >= 4 is 11.9 Å². The first-order valence-corrected chi connectivity index (χ1v) is 6.99. The predicted molar refractivity (Wildman–Crippen MR) is 73.3 cm³/mol. The second kappa shape index (κ2) is 6.07. The number of carbonyl (C=O) groups excluding carboxylic acids is 1. The molecule has 0 atom stereocenters. The zero-order chi connectivity index (χ0) is 14.6. The normalized spacial score (nSPS) is 17.6. The van der Waals surface area contributed by atoms with E-state index in [-0.39, 0.29) is 17.7 Å². The Bertz CT molecular complexity index is 490. The van der Waals surface area contributed by atoms with Crippen molar-refractivity contribution in [3.8, 4) is 0 Å². The molecule has 1 heterocycles. The molecule has 6 nitrogen and oxygen atoms in total. The zero-order valence-electron chi connectivity index (χ0n) is 11.8. The highest BCUT2D eigenvalue weighted by Gasteiger charge is 2.34. The van der Waals surface area contributed by atoms with Crippen LogP contribution in [0.1, 0.15) is 48.9 Å². The molecule has 0 unspecified atom stereocenters. The number of carbonyl (C=O) groups is 2. The van der Waals surface area contributed by atoms with Crippen molar-refractivity contribution in [3.05, 3.63) is 18.0 Å². The number of aromatic nitrogens is 2. The van der Waals surface area contributed by atoms with Gasteiger partial charge in [-0.1, -0.05) is 19.3 Å². The summed E-state index contributed by atoms with van der Waals surface area (Å²) in [7, 11) is 1.75. The summed E-state index contributed by atoms with van der Waals surface area (Å²) in [5, 5.41) is 15.9. The van der Waals surface area contributed by atoms with Gasteiger partial charge in [-0.25, -0.2) is 0 Å². The molecule has 0 aliphatic heterocycles. The zero-order valence-corrected chi connectivity index (χ0v) is 11.8. The molecule has 6 heteroatoms. The summed E-state index contributed by atoms with van der Waals surface area (Å²) in [6.07, 6.45) is 8.25. The third-order valence-electron chi connectivity index (χ3n) is 4.03. The molecule has 0 bridgehead atoms. The Kier molecular flexibility index (Phi) is 4.42. The lowest BCUT2D eigenvalue weighted by atomic mass is 9.71. The molecule has 1 aromatic heterocycles. The molecule has 1 aliphatic carbocycles. The van der Waals surface area contributed by atoms with Crippen LogP contribution in [-0.2, 0) is 11.8 Å². The van der Waals surface area contributed by atoms with E-state index in [1.54, 1.807) is 17.9 Å². The number of nitrogens with one attached hydrogen (secondary N) is 1. The first-order chi connectivity index (χ1) is 9.51. The molecule has 0 spiro atoms. The van der Waals surface area contributed by atoms with Crippen LogP contribution < -0.4 is 5.32 Å². The summed E-state index contributed by atoms with van der Waals surface area (Å²) in [4.78, 5) is 23.1. The third-order valence-corrected chi connectivity index (χ3v) is 4.03. The second-order valence-corrected chi connectivity index (χ2v) is 5.72. The summed E-state index contributed by atoms with van der Waals surface area (Å²) >= 11 is 0. The van der Waals surface area contributed by atoms with E-state index < -0.39 is 5.97 Å². The molecule has 20 heavy (non-hydrogen) atoms. The minimum Gasteiger partial charge on any atom is -0.481 e. The molecule has 2 N–H and O–H groups in total. The topological polar surface area (TPSA) is 84.2 Å². The van der Waals surface area contributed by atoms with Crippen LogP contribution in [0.3, 0.4) is 0 Å². The van der Waals surface area contributed by atoms with Gasteiger partial charge in [0.2, 0.25) is 0 Å². The van der Waals surface area contributed by atoms with Gasteiger partial charge in [0.25, 0.3) is 5.91 Å². The Balaban J connectivity index is 1.97. The predicted octanol–water partition coefficient (Wildman–Crippen LogP) is 1.58. The van der Waals surface area contributed by atoms with Crippen LogP contribution in [0, 0.1) is 5.41 Å². The van der Waals surface area contributed by atoms with E-state index in [4.69, 9.17) is 5.11 Å². The molecule has 0 aromatic carbocycles. The number of rotatable bonds is 5. The molecule has 2 rings (SSSR count). The molecular weight excluding hydrogens is 258 g/mol. The number of aryl methyl sites for hydroxylation is 1. The summed E-state index contributed by atoms with van der Waals surface area (Å²) in [6, 6.07) is 0.